The van der Waals surface area contributed by atoms with E-state index < -0.39 is 5.89 Å². The van der Waals surface area contributed by atoms with Crippen LogP contribution in [0.15, 0.2) is 188 Å². The SMILES string of the molecule is [2H]C(C)(C)c1cc(-c2ccccc2)c(-n2c(-c3cc(C(C)(C)C)cc(C(C)(C)C)c3O)nc3c(-c4[c-]c(-c5cc(-c6ccc(C(C)(C)C)cc6)ccn5)cc(-c5ccccc5)c4)cccc32)cc1-c1ccccc1.[Pt]. The van der Waals surface area contributed by atoms with Crippen LogP contribution in [0.4, 0.5) is 0 Å². The van der Waals surface area contributed by atoms with Crippen LogP contribution in [0.5, 0.6) is 5.75 Å². The van der Waals surface area contributed by atoms with E-state index in [0.717, 1.165) is 100 Å². The monoisotopic (exact) mass is 1150 g/mol. The van der Waals surface area contributed by atoms with Gasteiger partial charge in [-0.15, -0.1) is 23.8 Å². The van der Waals surface area contributed by atoms with Crippen LogP contribution in [0.2, 0.25) is 0 Å². The van der Waals surface area contributed by atoms with Gasteiger partial charge >= 0.3 is 0 Å². The maximum absolute atomic E-state index is 12.8. The van der Waals surface area contributed by atoms with E-state index in [9.17, 15) is 6.48 Å². The third-order valence-corrected chi connectivity index (χ3v) is 14.2. The zero-order chi connectivity index (χ0) is 52.3. The van der Waals surface area contributed by atoms with Gasteiger partial charge in [0, 0.05) is 45.5 Å². The minimum Gasteiger partial charge on any atom is -0.507 e. The van der Waals surface area contributed by atoms with Gasteiger partial charge in [-0.05, 0) is 103 Å². The maximum atomic E-state index is 12.8. The predicted molar refractivity (Wildman–Crippen MR) is 308 cm³/mol. The van der Waals surface area contributed by atoms with Crippen molar-refractivity contribution in [1.82, 2.24) is 14.5 Å². The van der Waals surface area contributed by atoms with Crippen molar-refractivity contribution < 1.29 is 27.5 Å². The molecule has 0 saturated heterocycles. The number of imidazole rings is 1. The standard InChI is InChI=1S/C69H66N3O.Pt/c1-44(2)56-42-58(48-26-19-14-20-27-48)63(43-57(56)47-24-17-13-18-25-47)72-62-29-21-28-55(64(62)71-66(72)59-40-54(68(6,7)8)41-60(65(59)73)69(9,10)11)51-36-50(45-22-15-12-16-23-45)37-52(38-51)61-39-49(34-35-70-61)46-30-32-53(33-31-46)67(3,4)5;/h12-37,39-44,73H,1-11H3;/q-1;/i44D;. The number of benzene rings is 8. The van der Waals surface area contributed by atoms with Crippen LogP contribution < -0.4 is 0 Å². The summed E-state index contributed by atoms with van der Waals surface area (Å²) < 4.78 is 11.8. The Morgan fingerprint density at radius 1 is 0.500 bits per heavy atom. The average molecular weight is 1150 g/mol. The number of para-hydroxylation sites is 1. The number of phenols is 1. The van der Waals surface area contributed by atoms with Crippen molar-refractivity contribution in [3.8, 4) is 89.7 Å². The summed E-state index contributed by atoms with van der Waals surface area (Å²) >= 11 is 0. The third-order valence-electron chi connectivity index (χ3n) is 14.2. The second-order valence-corrected chi connectivity index (χ2v) is 22.8. The Morgan fingerprint density at radius 3 is 1.68 bits per heavy atom. The van der Waals surface area contributed by atoms with E-state index in [1.165, 1.54) is 5.56 Å². The molecule has 74 heavy (non-hydrogen) atoms. The van der Waals surface area contributed by atoms with Crippen LogP contribution in [-0.4, -0.2) is 19.6 Å². The van der Waals surface area contributed by atoms with E-state index in [2.05, 4.69) is 237 Å². The number of aromatic nitrogens is 3. The molecule has 0 radical (unpaired) electrons. The topological polar surface area (TPSA) is 50.9 Å². The molecule has 2 aromatic heterocycles. The molecule has 10 rings (SSSR count). The number of nitrogens with zero attached hydrogens (tertiary/aromatic N) is 3. The number of hydrogen-bond donors (Lipinski definition) is 1. The summed E-state index contributed by atoms with van der Waals surface area (Å²) in [6.45, 7) is 23.8. The molecule has 0 saturated carbocycles. The number of aromatic hydroxyl groups is 1. The molecule has 0 aliphatic heterocycles. The largest absolute Gasteiger partial charge is 0.507 e. The van der Waals surface area contributed by atoms with Gasteiger partial charge in [-0.2, -0.15) is 0 Å². The Balaban J connectivity index is 0.00000689. The molecule has 1 N–H and O–H groups in total. The first-order valence-electron chi connectivity index (χ1n) is 26.0. The maximum Gasteiger partial charge on any atom is 0.148 e. The molecule has 0 aliphatic rings. The molecule has 2 heterocycles. The second kappa shape index (κ2) is 20.3. The smallest absolute Gasteiger partial charge is 0.148 e. The van der Waals surface area contributed by atoms with E-state index >= 15 is 0 Å². The van der Waals surface area contributed by atoms with Gasteiger partial charge < -0.3 is 5.11 Å². The minimum atomic E-state index is -0.941. The van der Waals surface area contributed by atoms with E-state index in [1.54, 1.807) is 0 Å². The van der Waals surface area contributed by atoms with Crippen LogP contribution in [-0.2, 0) is 37.3 Å². The first kappa shape index (κ1) is 50.4. The van der Waals surface area contributed by atoms with Crippen LogP contribution in [0.25, 0.3) is 95.0 Å². The molecule has 0 amide bonds. The molecule has 0 bridgehead atoms. The van der Waals surface area contributed by atoms with Gasteiger partial charge in [-0.3, -0.25) is 9.55 Å². The zero-order valence-corrected chi connectivity index (χ0v) is 46.8. The molecule has 4 nitrogen and oxygen atoms in total. The third kappa shape index (κ3) is 10.2. The molecule has 374 valence electrons. The fourth-order valence-corrected chi connectivity index (χ4v) is 10.0. The summed E-state index contributed by atoms with van der Waals surface area (Å²) in [5.41, 5.74) is 18.4. The Morgan fingerprint density at radius 2 is 1.08 bits per heavy atom. The Hall–Kier alpha value is -7.13. The van der Waals surface area contributed by atoms with Crippen molar-refractivity contribution in [3.63, 3.8) is 0 Å². The average Bonchev–Trinajstić information content (AvgIpc) is 3.79. The predicted octanol–water partition coefficient (Wildman–Crippen LogP) is 18.6. The van der Waals surface area contributed by atoms with Crippen LogP contribution in [0.3, 0.4) is 0 Å². The summed E-state index contributed by atoms with van der Waals surface area (Å²) in [4.78, 5) is 10.8. The molecule has 0 spiro atoms. The number of rotatable bonds is 9. The molecule has 0 unspecified atom stereocenters. The minimum absolute atomic E-state index is 0. The molecular weight excluding hydrogens is 1080 g/mol. The molecular formula is C69H66N3OPt-. The summed E-state index contributed by atoms with van der Waals surface area (Å²) in [7, 11) is 0. The fourth-order valence-electron chi connectivity index (χ4n) is 10.0. The Kier molecular flexibility index (Phi) is 13.8. The van der Waals surface area contributed by atoms with Crippen molar-refractivity contribution in [2.24, 2.45) is 0 Å². The van der Waals surface area contributed by atoms with Gasteiger partial charge in [-0.1, -0.05) is 232 Å². The molecule has 0 atom stereocenters. The molecule has 0 aliphatic carbocycles. The number of fused-ring (bicyclic) bond motifs is 1. The Bertz CT molecular complexity index is 3680. The van der Waals surface area contributed by atoms with Gasteiger partial charge in [0.05, 0.1) is 22.3 Å². The number of phenolic OH excluding ortho intramolecular Hbond substituents is 1. The van der Waals surface area contributed by atoms with E-state index in [4.69, 9.17) is 9.97 Å². The zero-order valence-electron chi connectivity index (χ0n) is 45.5. The molecule has 10 aromatic rings. The first-order chi connectivity index (χ1) is 35.1. The van der Waals surface area contributed by atoms with Crippen molar-refractivity contribution in [3.05, 3.63) is 217 Å². The summed E-state index contributed by atoms with van der Waals surface area (Å²) in [5, 5.41) is 12.8. The number of pyridine rings is 1. The van der Waals surface area contributed by atoms with Gasteiger partial charge in [0.1, 0.15) is 11.6 Å². The summed E-state index contributed by atoms with van der Waals surface area (Å²) in [6, 6.07) is 67.8. The quantitative estimate of drug-likeness (QED) is 0.147. The van der Waals surface area contributed by atoms with E-state index in [-0.39, 0.29) is 43.1 Å². The first-order valence-corrected chi connectivity index (χ1v) is 25.5. The summed E-state index contributed by atoms with van der Waals surface area (Å²) in [5.74, 6) is -0.123. The van der Waals surface area contributed by atoms with Gasteiger partial charge in [0.15, 0.2) is 0 Å². The summed E-state index contributed by atoms with van der Waals surface area (Å²) in [6.07, 6.45) is 1.89. The van der Waals surface area contributed by atoms with E-state index in [1.807, 2.05) is 38.2 Å². The van der Waals surface area contributed by atoms with Crippen molar-refractivity contribution in [1.29, 1.82) is 0 Å². The molecule has 8 aromatic carbocycles. The van der Waals surface area contributed by atoms with Crippen molar-refractivity contribution in [2.45, 2.75) is 98.3 Å². The van der Waals surface area contributed by atoms with Crippen LogP contribution in [0.1, 0.15) is 106 Å². The molecule has 5 heteroatoms. The van der Waals surface area contributed by atoms with Gasteiger partial charge in [0.2, 0.25) is 0 Å². The second-order valence-electron chi connectivity index (χ2n) is 22.8. The fraction of sp³-hybridized carbons (Fsp3) is 0.217. The van der Waals surface area contributed by atoms with Crippen LogP contribution >= 0.6 is 0 Å². The Labute approximate surface area is 454 Å². The molecule has 0 fully saturated rings. The van der Waals surface area contributed by atoms with Crippen LogP contribution in [0, 0.1) is 6.07 Å². The normalized spacial score (nSPS) is 12.4. The van der Waals surface area contributed by atoms with Gasteiger partial charge in [-0.25, -0.2) is 4.98 Å². The number of hydrogen-bond acceptors (Lipinski definition) is 3. The van der Waals surface area contributed by atoms with Crippen molar-refractivity contribution in [2.75, 3.05) is 0 Å². The van der Waals surface area contributed by atoms with Gasteiger partial charge in [0.25, 0.3) is 0 Å². The van der Waals surface area contributed by atoms with E-state index in [0.29, 0.717) is 11.4 Å². The van der Waals surface area contributed by atoms with Crippen molar-refractivity contribution >= 4 is 11.0 Å².